The van der Waals surface area contributed by atoms with Crippen LogP contribution in [-0.4, -0.2) is 11.1 Å². The van der Waals surface area contributed by atoms with E-state index in [-0.39, 0.29) is 0 Å². The van der Waals surface area contributed by atoms with E-state index in [0.29, 0.717) is 11.8 Å². The normalized spacial score (nSPS) is 15.9. The lowest BCUT2D eigenvalue weighted by molar-refractivity contribution is 0.460. The SMILES string of the molecule is Oc1c(Br)cc(Br)cc1CNC1CC1. The third kappa shape index (κ3) is 2.49. The Morgan fingerprint density at radius 2 is 2.07 bits per heavy atom. The van der Waals surface area contributed by atoms with Gasteiger partial charge in [0, 0.05) is 22.6 Å². The smallest absolute Gasteiger partial charge is 0.134 e. The highest BCUT2D eigenvalue weighted by Crippen LogP contribution is 2.32. The van der Waals surface area contributed by atoms with Crippen LogP contribution >= 0.6 is 31.9 Å². The van der Waals surface area contributed by atoms with Crippen molar-refractivity contribution in [2.75, 3.05) is 0 Å². The predicted octanol–water partition coefficient (Wildman–Crippen LogP) is 3.17. The van der Waals surface area contributed by atoms with Crippen LogP contribution in [0, 0.1) is 0 Å². The van der Waals surface area contributed by atoms with Crippen molar-refractivity contribution in [2.45, 2.75) is 25.4 Å². The topological polar surface area (TPSA) is 32.3 Å². The number of aromatic hydroxyl groups is 1. The molecule has 1 fully saturated rings. The number of benzene rings is 1. The largest absolute Gasteiger partial charge is 0.506 e. The van der Waals surface area contributed by atoms with Gasteiger partial charge in [-0.05, 0) is 40.9 Å². The molecule has 1 aliphatic carbocycles. The standard InChI is InChI=1S/C10H11Br2NO/c11-7-3-6(5-13-8-1-2-8)10(14)9(12)4-7/h3-4,8,13-14H,1-2,5H2. The molecule has 1 aromatic carbocycles. The van der Waals surface area contributed by atoms with Gasteiger partial charge < -0.3 is 10.4 Å². The Bertz CT molecular complexity index is 350. The molecule has 2 nitrogen and oxygen atoms in total. The highest BCUT2D eigenvalue weighted by atomic mass is 79.9. The molecule has 1 saturated carbocycles. The van der Waals surface area contributed by atoms with E-state index in [1.54, 1.807) is 0 Å². The van der Waals surface area contributed by atoms with Gasteiger partial charge in [-0.15, -0.1) is 0 Å². The minimum Gasteiger partial charge on any atom is -0.506 e. The average Bonchev–Trinajstić information content (AvgIpc) is 2.92. The van der Waals surface area contributed by atoms with E-state index in [1.807, 2.05) is 12.1 Å². The molecule has 1 aliphatic rings. The number of halogens is 2. The minimum absolute atomic E-state index is 0.335. The summed E-state index contributed by atoms with van der Waals surface area (Å²) in [7, 11) is 0. The van der Waals surface area contributed by atoms with Crippen molar-refractivity contribution in [1.29, 1.82) is 0 Å². The molecule has 14 heavy (non-hydrogen) atoms. The van der Waals surface area contributed by atoms with Crippen LogP contribution < -0.4 is 5.32 Å². The summed E-state index contributed by atoms with van der Waals surface area (Å²) in [6, 6.07) is 4.44. The number of rotatable bonds is 3. The lowest BCUT2D eigenvalue weighted by Gasteiger charge is -2.08. The van der Waals surface area contributed by atoms with E-state index in [2.05, 4.69) is 37.2 Å². The Kier molecular flexibility index (Phi) is 3.14. The second-order valence-electron chi connectivity index (χ2n) is 3.55. The number of hydrogen-bond acceptors (Lipinski definition) is 2. The van der Waals surface area contributed by atoms with Crippen molar-refractivity contribution in [3.8, 4) is 5.75 Å². The summed E-state index contributed by atoms with van der Waals surface area (Å²) in [5.41, 5.74) is 0.929. The molecule has 2 N–H and O–H groups in total. The molecule has 0 unspecified atom stereocenters. The van der Waals surface area contributed by atoms with Crippen LogP contribution in [0.25, 0.3) is 0 Å². The van der Waals surface area contributed by atoms with Gasteiger partial charge in [-0.25, -0.2) is 0 Å². The van der Waals surface area contributed by atoms with E-state index in [9.17, 15) is 5.11 Å². The first-order valence-corrected chi connectivity index (χ1v) is 6.15. The second-order valence-corrected chi connectivity index (χ2v) is 5.32. The van der Waals surface area contributed by atoms with Gasteiger partial charge in [0.15, 0.2) is 0 Å². The lowest BCUT2D eigenvalue weighted by atomic mass is 10.2. The lowest BCUT2D eigenvalue weighted by Crippen LogP contribution is -2.15. The zero-order valence-corrected chi connectivity index (χ0v) is 10.7. The molecule has 0 amide bonds. The molecule has 0 atom stereocenters. The van der Waals surface area contributed by atoms with Crippen LogP contribution in [0.5, 0.6) is 5.75 Å². The van der Waals surface area contributed by atoms with E-state index in [4.69, 9.17) is 0 Å². The van der Waals surface area contributed by atoms with Crippen molar-refractivity contribution >= 4 is 31.9 Å². The fraction of sp³-hybridized carbons (Fsp3) is 0.400. The number of hydrogen-bond donors (Lipinski definition) is 2. The van der Waals surface area contributed by atoms with Crippen LogP contribution in [0.2, 0.25) is 0 Å². The monoisotopic (exact) mass is 319 g/mol. The first kappa shape index (κ1) is 10.5. The minimum atomic E-state index is 0.335. The maximum atomic E-state index is 9.75. The fourth-order valence-corrected chi connectivity index (χ4v) is 2.61. The Labute approximate surface area is 100.0 Å². The molecule has 0 aromatic heterocycles. The maximum absolute atomic E-state index is 9.75. The Morgan fingerprint density at radius 3 is 2.71 bits per heavy atom. The van der Waals surface area contributed by atoms with Crippen molar-refractivity contribution in [3.05, 3.63) is 26.6 Å². The molecular formula is C10H11Br2NO. The molecule has 0 radical (unpaired) electrons. The van der Waals surface area contributed by atoms with Crippen molar-refractivity contribution in [1.82, 2.24) is 5.32 Å². The summed E-state index contributed by atoms with van der Waals surface area (Å²) in [5, 5.41) is 13.1. The van der Waals surface area contributed by atoms with Crippen LogP contribution in [0.4, 0.5) is 0 Å². The first-order valence-electron chi connectivity index (χ1n) is 4.57. The zero-order chi connectivity index (χ0) is 10.1. The van der Waals surface area contributed by atoms with Crippen molar-refractivity contribution in [2.24, 2.45) is 0 Å². The van der Waals surface area contributed by atoms with Gasteiger partial charge in [0.05, 0.1) is 4.47 Å². The van der Waals surface area contributed by atoms with E-state index >= 15 is 0 Å². The molecule has 0 spiro atoms. The molecule has 2 rings (SSSR count). The van der Waals surface area contributed by atoms with Crippen molar-refractivity contribution < 1.29 is 5.11 Å². The Balaban J connectivity index is 2.13. The van der Waals surface area contributed by atoms with Gasteiger partial charge in [-0.2, -0.15) is 0 Å². The van der Waals surface area contributed by atoms with Gasteiger partial charge in [0.25, 0.3) is 0 Å². The number of phenols is 1. The highest BCUT2D eigenvalue weighted by molar-refractivity contribution is 9.11. The summed E-state index contributed by atoms with van der Waals surface area (Å²) >= 11 is 6.71. The summed E-state index contributed by atoms with van der Waals surface area (Å²) in [4.78, 5) is 0. The quantitative estimate of drug-likeness (QED) is 0.896. The third-order valence-corrected chi connectivity index (χ3v) is 3.33. The van der Waals surface area contributed by atoms with Crippen molar-refractivity contribution in [3.63, 3.8) is 0 Å². The number of nitrogens with one attached hydrogen (secondary N) is 1. The summed E-state index contributed by atoms with van der Waals surface area (Å²) in [6.07, 6.45) is 2.52. The Hall–Kier alpha value is -0.0600. The summed E-state index contributed by atoms with van der Waals surface area (Å²) in [6.45, 7) is 0.731. The third-order valence-electron chi connectivity index (χ3n) is 2.27. The van der Waals surface area contributed by atoms with Gasteiger partial charge in [0.2, 0.25) is 0 Å². The van der Waals surface area contributed by atoms with Crippen LogP contribution in [0.15, 0.2) is 21.1 Å². The molecule has 1 aromatic rings. The molecule has 0 saturated heterocycles. The average molecular weight is 321 g/mol. The Morgan fingerprint density at radius 1 is 1.36 bits per heavy atom. The van der Waals surface area contributed by atoms with E-state index < -0.39 is 0 Å². The van der Waals surface area contributed by atoms with Gasteiger partial charge in [0.1, 0.15) is 5.75 Å². The fourth-order valence-electron chi connectivity index (χ4n) is 1.30. The molecule has 4 heteroatoms. The summed E-state index contributed by atoms with van der Waals surface area (Å²) in [5.74, 6) is 0.335. The first-order chi connectivity index (χ1) is 6.66. The molecule has 0 heterocycles. The molecule has 0 bridgehead atoms. The molecular weight excluding hydrogens is 310 g/mol. The maximum Gasteiger partial charge on any atom is 0.134 e. The molecule has 0 aliphatic heterocycles. The van der Waals surface area contributed by atoms with E-state index in [1.165, 1.54) is 12.8 Å². The van der Waals surface area contributed by atoms with Crippen LogP contribution in [-0.2, 0) is 6.54 Å². The second kappa shape index (κ2) is 4.21. The van der Waals surface area contributed by atoms with Gasteiger partial charge in [-0.1, -0.05) is 15.9 Å². The molecule has 76 valence electrons. The number of phenolic OH excluding ortho intramolecular Hbond substituents is 1. The van der Waals surface area contributed by atoms with Gasteiger partial charge >= 0.3 is 0 Å². The summed E-state index contributed by atoms with van der Waals surface area (Å²) < 4.78 is 1.72. The predicted molar refractivity (Wildman–Crippen MR) is 63.4 cm³/mol. The van der Waals surface area contributed by atoms with Crippen LogP contribution in [0.3, 0.4) is 0 Å². The van der Waals surface area contributed by atoms with Crippen LogP contribution in [0.1, 0.15) is 18.4 Å². The highest BCUT2D eigenvalue weighted by Gasteiger charge is 2.20. The van der Waals surface area contributed by atoms with E-state index in [0.717, 1.165) is 21.1 Å². The zero-order valence-electron chi connectivity index (χ0n) is 7.56. The van der Waals surface area contributed by atoms with Gasteiger partial charge in [-0.3, -0.25) is 0 Å².